The predicted molar refractivity (Wildman–Crippen MR) is 95.8 cm³/mol. The number of ether oxygens (including phenoxy) is 1. The Kier molecular flexibility index (Phi) is 5.72. The molecule has 0 spiro atoms. The van der Waals surface area contributed by atoms with E-state index in [2.05, 4.69) is 29.3 Å². The SMILES string of the molecule is Cc1ccccc1C1C(=O)NCCN1CCCC1(C#N)CCOCC1. The highest BCUT2D eigenvalue weighted by Crippen LogP contribution is 2.35. The van der Waals surface area contributed by atoms with Crippen LogP contribution in [0.5, 0.6) is 0 Å². The van der Waals surface area contributed by atoms with Crippen LogP contribution in [0.3, 0.4) is 0 Å². The first-order valence-electron chi connectivity index (χ1n) is 9.21. The van der Waals surface area contributed by atoms with Gasteiger partial charge in [-0.3, -0.25) is 9.69 Å². The van der Waals surface area contributed by atoms with Crippen molar-refractivity contribution in [2.24, 2.45) is 5.41 Å². The molecule has 5 heteroatoms. The molecular weight excluding hydrogens is 314 g/mol. The first-order chi connectivity index (χ1) is 12.2. The summed E-state index contributed by atoms with van der Waals surface area (Å²) in [7, 11) is 0. The Bertz CT molecular complexity index is 647. The summed E-state index contributed by atoms with van der Waals surface area (Å²) < 4.78 is 5.41. The number of carbonyl (C=O) groups is 1. The summed E-state index contributed by atoms with van der Waals surface area (Å²) in [6, 6.07) is 10.4. The average molecular weight is 341 g/mol. The fraction of sp³-hybridized carbons (Fsp3) is 0.600. The Morgan fingerprint density at radius 2 is 2.12 bits per heavy atom. The van der Waals surface area contributed by atoms with Crippen molar-refractivity contribution in [3.8, 4) is 6.07 Å². The summed E-state index contributed by atoms with van der Waals surface area (Å²) in [5.74, 6) is 0.0848. The van der Waals surface area contributed by atoms with Gasteiger partial charge in [0.1, 0.15) is 6.04 Å². The van der Waals surface area contributed by atoms with E-state index in [1.54, 1.807) is 0 Å². The zero-order valence-electron chi connectivity index (χ0n) is 15.0. The van der Waals surface area contributed by atoms with E-state index < -0.39 is 0 Å². The molecule has 0 bridgehead atoms. The molecule has 0 saturated carbocycles. The number of nitrogens with one attached hydrogen (secondary N) is 1. The van der Waals surface area contributed by atoms with E-state index in [4.69, 9.17) is 4.74 Å². The van der Waals surface area contributed by atoms with E-state index in [0.29, 0.717) is 19.8 Å². The van der Waals surface area contributed by atoms with Gasteiger partial charge in [-0.15, -0.1) is 0 Å². The highest BCUT2D eigenvalue weighted by atomic mass is 16.5. The Morgan fingerprint density at radius 1 is 1.36 bits per heavy atom. The lowest BCUT2D eigenvalue weighted by Crippen LogP contribution is -2.50. The van der Waals surface area contributed by atoms with E-state index in [1.165, 1.54) is 0 Å². The highest BCUT2D eigenvalue weighted by Gasteiger charge is 2.34. The van der Waals surface area contributed by atoms with Gasteiger partial charge in [0.25, 0.3) is 0 Å². The van der Waals surface area contributed by atoms with Gasteiger partial charge in [0, 0.05) is 26.3 Å². The number of nitrogens with zero attached hydrogens (tertiary/aromatic N) is 2. The van der Waals surface area contributed by atoms with Crippen LogP contribution in [-0.2, 0) is 9.53 Å². The third-order valence-electron chi connectivity index (χ3n) is 5.58. The van der Waals surface area contributed by atoms with Crippen molar-refractivity contribution in [3.63, 3.8) is 0 Å². The smallest absolute Gasteiger partial charge is 0.242 e. The number of nitriles is 1. The third-order valence-corrected chi connectivity index (χ3v) is 5.58. The summed E-state index contributed by atoms with van der Waals surface area (Å²) in [5, 5.41) is 12.6. The van der Waals surface area contributed by atoms with Crippen LogP contribution in [0.2, 0.25) is 0 Å². The van der Waals surface area contributed by atoms with Crippen molar-refractivity contribution in [2.45, 2.75) is 38.6 Å². The van der Waals surface area contributed by atoms with Crippen molar-refractivity contribution in [1.29, 1.82) is 5.26 Å². The predicted octanol–water partition coefficient (Wildman–Crippen LogP) is 2.57. The summed E-state index contributed by atoms with van der Waals surface area (Å²) in [5.41, 5.74) is 1.99. The first-order valence-corrected chi connectivity index (χ1v) is 9.21. The molecule has 5 nitrogen and oxygen atoms in total. The maximum Gasteiger partial charge on any atom is 0.242 e. The fourth-order valence-corrected chi connectivity index (χ4v) is 3.99. The van der Waals surface area contributed by atoms with Gasteiger partial charge in [-0.2, -0.15) is 5.26 Å². The van der Waals surface area contributed by atoms with Gasteiger partial charge in [0.05, 0.1) is 11.5 Å². The lowest BCUT2D eigenvalue weighted by atomic mass is 9.78. The molecule has 0 aromatic heterocycles. The van der Waals surface area contributed by atoms with Gasteiger partial charge in [0.2, 0.25) is 5.91 Å². The normalized spacial score (nSPS) is 23.7. The van der Waals surface area contributed by atoms with E-state index >= 15 is 0 Å². The Hall–Kier alpha value is -1.90. The van der Waals surface area contributed by atoms with Gasteiger partial charge in [-0.25, -0.2) is 0 Å². The molecule has 3 rings (SSSR count). The number of hydrogen-bond acceptors (Lipinski definition) is 4. The molecule has 134 valence electrons. The van der Waals surface area contributed by atoms with Crippen LogP contribution in [0.15, 0.2) is 24.3 Å². The van der Waals surface area contributed by atoms with Crippen molar-refractivity contribution in [2.75, 3.05) is 32.8 Å². The van der Waals surface area contributed by atoms with Gasteiger partial charge in [-0.1, -0.05) is 24.3 Å². The largest absolute Gasteiger partial charge is 0.381 e. The molecular formula is C20H27N3O2. The first kappa shape index (κ1) is 17.9. The van der Waals surface area contributed by atoms with Crippen LogP contribution < -0.4 is 5.32 Å². The zero-order chi connectivity index (χ0) is 17.7. The highest BCUT2D eigenvalue weighted by molar-refractivity contribution is 5.84. The fourth-order valence-electron chi connectivity index (χ4n) is 3.99. The molecule has 2 fully saturated rings. The molecule has 25 heavy (non-hydrogen) atoms. The quantitative estimate of drug-likeness (QED) is 0.894. The molecule has 0 aliphatic carbocycles. The van der Waals surface area contributed by atoms with Gasteiger partial charge in [-0.05, 0) is 50.3 Å². The Morgan fingerprint density at radius 3 is 2.84 bits per heavy atom. The van der Waals surface area contributed by atoms with Gasteiger partial charge in [0.15, 0.2) is 0 Å². The maximum atomic E-state index is 12.5. The minimum atomic E-state index is -0.242. The van der Waals surface area contributed by atoms with Crippen LogP contribution in [0.25, 0.3) is 0 Å². The number of hydrogen-bond donors (Lipinski definition) is 1. The van der Waals surface area contributed by atoms with Crippen LogP contribution in [0.4, 0.5) is 0 Å². The molecule has 1 amide bonds. The zero-order valence-corrected chi connectivity index (χ0v) is 15.0. The lowest BCUT2D eigenvalue weighted by molar-refractivity contribution is -0.129. The van der Waals surface area contributed by atoms with Crippen LogP contribution in [0.1, 0.15) is 42.9 Å². The second kappa shape index (κ2) is 7.99. The molecule has 1 aromatic carbocycles. The Balaban J connectivity index is 1.66. The van der Waals surface area contributed by atoms with Crippen LogP contribution >= 0.6 is 0 Å². The molecule has 1 unspecified atom stereocenters. The molecule has 2 aliphatic rings. The molecule has 1 atom stereocenters. The molecule has 0 radical (unpaired) electrons. The van der Waals surface area contributed by atoms with Crippen molar-refractivity contribution in [1.82, 2.24) is 10.2 Å². The second-order valence-corrected chi connectivity index (χ2v) is 7.19. The summed E-state index contributed by atoms with van der Waals surface area (Å²) >= 11 is 0. The van der Waals surface area contributed by atoms with Crippen molar-refractivity contribution >= 4 is 5.91 Å². The number of piperazine rings is 1. The number of carbonyl (C=O) groups excluding carboxylic acids is 1. The third kappa shape index (κ3) is 4.02. The van der Waals surface area contributed by atoms with Crippen molar-refractivity contribution in [3.05, 3.63) is 35.4 Å². The standard InChI is InChI=1S/C20H27N3O2/c1-16-5-2-3-6-17(16)18-19(24)22-10-12-23(18)11-4-7-20(15-21)8-13-25-14-9-20/h2-3,5-6,18H,4,7-14H2,1H3,(H,22,24). The minimum Gasteiger partial charge on any atom is -0.381 e. The molecule has 2 aliphatic heterocycles. The van der Waals surface area contributed by atoms with Crippen LogP contribution in [-0.4, -0.2) is 43.7 Å². The number of amides is 1. The number of rotatable bonds is 5. The number of benzene rings is 1. The molecule has 1 N–H and O–H groups in total. The average Bonchev–Trinajstić information content (AvgIpc) is 2.64. The Labute approximate surface area is 150 Å². The maximum absolute atomic E-state index is 12.5. The van der Waals surface area contributed by atoms with Crippen molar-refractivity contribution < 1.29 is 9.53 Å². The van der Waals surface area contributed by atoms with E-state index in [1.807, 2.05) is 18.2 Å². The number of aryl methyl sites for hydroxylation is 1. The molecule has 2 heterocycles. The van der Waals surface area contributed by atoms with Crippen LogP contribution in [0, 0.1) is 23.7 Å². The topological polar surface area (TPSA) is 65.4 Å². The van der Waals surface area contributed by atoms with Gasteiger partial charge < -0.3 is 10.1 Å². The second-order valence-electron chi connectivity index (χ2n) is 7.19. The van der Waals surface area contributed by atoms with E-state index in [9.17, 15) is 10.1 Å². The molecule has 1 aromatic rings. The minimum absolute atomic E-state index is 0.0848. The molecule has 2 saturated heterocycles. The lowest BCUT2D eigenvalue weighted by Gasteiger charge is -2.37. The monoisotopic (exact) mass is 341 g/mol. The van der Waals surface area contributed by atoms with Gasteiger partial charge >= 0.3 is 0 Å². The van der Waals surface area contributed by atoms with E-state index in [0.717, 1.165) is 49.9 Å². The van der Waals surface area contributed by atoms with E-state index in [-0.39, 0.29) is 17.4 Å². The summed E-state index contributed by atoms with van der Waals surface area (Å²) in [4.78, 5) is 14.8. The summed E-state index contributed by atoms with van der Waals surface area (Å²) in [6.45, 7) is 5.82. The summed E-state index contributed by atoms with van der Waals surface area (Å²) in [6.07, 6.45) is 3.46.